The van der Waals surface area contributed by atoms with Gasteiger partial charge in [0, 0.05) is 23.3 Å². The van der Waals surface area contributed by atoms with Crippen molar-refractivity contribution in [1.82, 2.24) is 14.6 Å². The molecule has 0 saturated carbocycles. The fourth-order valence-corrected chi connectivity index (χ4v) is 2.93. The molecule has 9 heteroatoms. The summed E-state index contributed by atoms with van der Waals surface area (Å²) in [5.41, 5.74) is 9.65. The van der Waals surface area contributed by atoms with Crippen LogP contribution in [0.2, 0.25) is 0 Å². The zero-order valence-electron chi connectivity index (χ0n) is 16.1. The number of hydrogen-bond donors (Lipinski definition) is 4. The van der Waals surface area contributed by atoms with Crippen molar-refractivity contribution < 1.29 is 9.59 Å². The van der Waals surface area contributed by atoms with Crippen molar-refractivity contribution in [1.29, 1.82) is 0 Å². The van der Waals surface area contributed by atoms with Crippen LogP contribution in [-0.2, 0) is 0 Å². The maximum atomic E-state index is 12.6. The highest BCUT2D eigenvalue weighted by atomic mass is 16.2. The van der Waals surface area contributed by atoms with Gasteiger partial charge in [-0.05, 0) is 49.4 Å². The van der Waals surface area contributed by atoms with Crippen molar-refractivity contribution >= 4 is 40.3 Å². The summed E-state index contributed by atoms with van der Waals surface area (Å²) in [7, 11) is 0. The average Bonchev–Trinajstić information content (AvgIpc) is 3.17. The monoisotopic (exact) mass is 401 g/mol. The molecule has 3 amide bonds. The van der Waals surface area contributed by atoms with Crippen molar-refractivity contribution in [2.75, 3.05) is 21.7 Å². The summed E-state index contributed by atoms with van der Waals surface area (Å²) in [6.07, 6.45) is 2.96. The predicted molar refractivity (Wildman–Crippen MR) is 116 cm³/mol. The van der Waals surface area contributed by atoms with Crippen LogP contribution in [0.25, 0.3) is 5.52 Å². The standard InChI is InChI=1S/C21H19N7O2/c1-13-2-4-15(5-3-13)26-21(30)27-16-8-6-14(7-9-16)25-20(29)17-10-11-28-18(17)19(22)23-12-24-28/h2-12H,1H3,(H,25,29)(H2,22,23,24)(H2,26,27,30). The molecule has 0 unspecified atom stereocenters. The molecule has 30 heavy (non-hydrogen) atoms. The van der Waals surface area contributed by atoms with Crippen LogP contribution in [0.3, 0.4) is 0 Å². The first-order chi connectivity index (χ1) is 14.5. The Morgan fingerprint density at radius 2 is 1.43 bits per heavy atom. The van der Waals surface area contributed by atoms with Crippen molar-refractivity contribution in [2.24, 2.45) is 0 Å². The molecular weight excluding hydrogens is 382 g/mol. The molecule has 0 bridgehead atoms. The minimum Gasteiger partial charge on any atom is -0.382 e. The molecular formula is C21H19N7O2. The van der Waals surface area contributed by atoms with Crippen molar-refractivity contribution in [3.05, 3.63) is 78.2 Å². The van der Waals surface area contributed by atoms with Gasteiger partial charge < -0.3 is 21.7 Å². The second kappa shape index (κ2) is 7.92. The van der Waals surface area contributed by atoms with Crippen LogP contribution in [0.15, 0.2) is 67.1 Å². The summed E-state index contributed by atoms with van der Waals surface area (Å²) >= 11 is 0. The van der Waals surface area contributed by atoms with Crippen molar-refractivity contribution in [2.45, 2.75) is 6.92 Å². The lowest BCUT2D eigenvalue weighted by atomic mass is 10.2. The summed E-state index contributed by atoms with van der Waals surface area (Å²) in [6.45, 7) is 1.98. The maximum Gasteiger partial charge on any atom is 0.323 e. The lowest BCUT2D eigenvalue weighted by Gasteiger charge is -2.09. The molecule has 0 aliphatic rings. The van der Waals surface area contributed by atoms with E-state index in [9.17, 15) is 9.59 Å². The fourth-order valence-electron chi connectivity index (χ4n) is 2.93. The number of benzene rings is 2. The van der Waals surface area contributed by atoms with Crippen LogP contribution in [-0.4, -0.2) is 26.5 Å². The molecule has 5 N–H and O–H groups in total. The van der Waals surface area contributed by atoms with Gasteiger partial charge in [-0.3, -0.25) is 4.79 Å². The smallest absolute Gasteiger partial charge is 0.323 e. The van der Waals surface area contributed by atoms with E-state index < -0.39 is 0 Å². The number of urea groups is 1. The Morgan fingerprint density at radius 1 is 0.867 bits per heavy atom. The number of nitrogen functional groups attached to an aromatic ring is 1. The first kappa shape index (κ1) is 18.9. The van der Waals surface area contributed by atoms with E-state index in [0.29, 0.717) is 28.1 Å². The second-order valence-corrected chi connectivity index (χ2v) is 6.64. The molecule has 9 nitrogen and oxygen atoms in total. The number of nitrogens with zero attached hydrogens (tertiary/aromatic N) is 3. The maximum absolute atomic E-state index is 12.6. The number of anilines is 4. The van der Waals surface area contributed by atoms with Crippen molar-refractivity contribution in [3.63, 3.8) is 0 Å². The average molecular weight is 401 g/mol. The van der Waals surface area contributed by atoms with Gasteiger partial charge in [-0.25, -0.2) is 14.3 Å². The molecule has 0 aliphatic heterocycles. The molecule has 4 rings (SSSR count). The Morgan fingerprint density at radius 3 is 2.07 bits per heavy atom. The Bertz CT molecular complexity index is 1210. The van der Waals surface area contributed by atoms with E-state index in [1.54, 1.807) is 36.5 Å². The van der Waals surface area contributed by atoms with Gasteiger partial charge in [-0.2, -0.15) is 5.10 Å². The highest BCUT2D eigenvalue weighted by Gasteiger charge is 2.15. The molecule has 0 spiro atoms. The minimum absolute atomic E-state index is 0.222. The highest BCUT2D eigenvalue weighted by molar-refractivity contribution is 6.10. The number of fused-ring (bicyclic) bond motifs is 1. The summed E-state index contributed by atoms with van der Waals surface area (Å²) in [6, 6.07) is 15.5. The van der Waals surface area contributed by atoms with Gasteiger partial charge in [0.05, 0.1) is 5.56 Å². The lowest BCUT2D eigenvalue weighted by molar-refractivity contribution is 0.102. The fraction of sp³-hybridized carbons (Fsp3) is 0.0476. The van der Waals surface area contributed by atoms with E-state index in [1.165, 1.54) is 10.8 Å². The van der Waals surface area contributed by atoms with E-state index in [0.717, 1.165) is 5.56 Å². The largest absolute Gasteiger partial charge is 0.382 e. The summed E-state index contributed by atoms with van der Waals surface area (Å²) in [5, 5.41) is 12.3. The topological polar surface area (TPSA) is 126 Å². The van der Waals surface area contributed by atoms with Gasteiger partial charge in [0.2, 0.25) is 0 Å². The lowest BCUT2D eigenvalue weighted by Crippen LogP contribution is -2.19. The van der Waals surface area contributed by atoms with Crippen LogP contribution in [0, 0.1) is 6.92 Å². The third-order valence-corrected chi connectivity index (χ3v) is 4.44. The van der Waals surface area contributed by atoms with Crippen LogP contribution >= 0.6 is 0 Å². The molecule has 4 aromatic rings. The Hall–Kier alpha value is -4.40. The zero-order chi connectivity index (χ0) is 21.1. The van der Waals surface area contributed by atoms with Gasteiger partial charge in [0.1, 0.15) is 11.8 Å². The molecule has 2 aromatic heterocycles. The Labute approximate surface area is 171 Å². The summed E-state index contributed by atoms with van der Waals surface area (Å²) < 4.78 is 1.50. The molecule has 0 radical (unpaired) electrons. The molecule has 150 valence electrons. The highest BCUT2D eigenvalue weighted by Crippen LogP contribution is 2.19. The SMILES string of the molecule is Cc1ccc(NC(=O)Nc2ccc(NC(=O)c3ccn4ncnc(N)c34)cc2)cc1. The number of nitrogens with one attached hydrogen (secondary N) is 3. The Kier molecular flexibility index (Phi) is 5.00. The summed E-state index contributed by atoms with van der Waals surface area (Å²) in [5.74, 6) is -0.115. The molecule has 0 fully saturated rings. The normalized spacial score (nSPS) is 10.6. The number of amides is 3. The van der Waals surface area contributed by atoms with Gasteiger partial charge in [0.15, 0.2) is 5.82 Å². The number of aryl methyl sites for hydroxylation is 1. The Balaban J connectivity index is 1.40. The third-order valence-electron chi connectivity index (χ3n) is 4.44. The molecule has 0 aliphatic carbocycles. The number of nitrogens with two attached hydrogens (primary N) is 1. The number of carbonyl (C=O) groups excluding carboxylic acids is 2. The van der Waals surface area contributed by atoms with Gasteiger partial charge in [-0.15, -0.1) is 0 Å². The van der Waals surface area contributed by atoms with E-state index >= 15 is 0 Å². The van der Waals surface area contributed by atoms with Gasteiger partial charge in [0.25, 0.3) is 5.91 Å². The number of carbonyl (C=O) groups is 2. The molecule has 0 atom stereocenters. The number of hydrogen-bond acceptors (Lipinski definition) is 5. The van der Waals surface area contributed by atoms with E-state index in [-0.39, 0.29) is 17.8 Å². The summed E-state index contributed by atoms with van der Waals surface area (Å²) in [4.78, 5) is 28.7. The first-order valence-corrected chi connectivity index (χ1v) is 9.13. The van der Waals surface area contributed by atoms with Crippen LogP contribution in [0.5, 0.6) is 0 Å². The van der Waals surface area contributed by atoms with Gasteiger partial charge >= 0.3 is 6.03 Å². The van der Waals surface area contributed by atoms with E-state index in [2.05, 4.69) is 26.0 Å². The van der Waals surface area contributed by atoms with Crippen LogP contribution in [0.4, 0.5) is 27.7 Å². The quantitative estimate of drug-likeness (QED) is 0.416. The van der Waals surface area contributed by atoms with Crippen LogP contribution in [0.1, 0.15) is 15.9 Å². The first-order valence-electron chi connectivity index (χ1n) is 9.13. The van der Waals surface area contributed by atoms with Crippen molar-refractivity contribution in [3.8, 4) is 0 Å². The molecule has 0 saturated heterocycles. The van der Waals surface area contributed by atoms with E-state index in [1.807, 2.05) is 31.2 Å². The molecule has 2 heterocycles. The minimum atomic E-state index is -0.355. The zero-order valence-corrected chi connectivity index (χ0v) is 16.1. The third kappa shape index (κ3) is 4.04. The van der Waals surface area contributed by atoms with E-state index in [4.69, 9.17) is 5.73 Å². The number of aromatic nitrogens is 3. The predicted octanol–water partition coefficient (Wildman–Crippen LogP) is 3.52. The van der Waals surface area contributed by atoms with Crippen LogP contribution < -0.4 is 21.7 Å². The number of rotatable bonds is 4. The van der Waals surface area contributed by atoms with Gasteiger partial charge in [-0.1, -0.05) is 17.7 Å². The molecule has 2 aromatic carbocycles. The second-order valence-electron chi connectivity index (χ2n) is 6.64.